The van der Waals surface area contributed by atoms with Crippen LogP contribution in [0.1, 0.15) is 56.2 Å². The molecule has 1 spiro atoms. The molecule has 0 atom stereocenters. The highest BCUT2D eigenvalue weighted by atomic mass is 16.5. The molecule has 2 saturated heterocycles. The summed E-state index contributed by atoms with van der Waals surface area (Å²) in [6, 6.07) is 3.95. The third-order valence-electron chi connectivity index (χ3n) is 6.74. The van der Waals surface area contributed by atoms with Crippen molar-refractivity contribution in [3.8, 4) is 0 Å². The average molecular weight is 386 g/mol. The number of ether oxygens (including phenoxy) is 1. The van der Waals surface area contributed by atoms with E-state index in [1.807, 2.05) is 28.9 Å². The summed E-state index contributed by atoms with van der Waals surface area (Å²) in [4.78, 5) is 34.0. The largest absolute Gasteiger partial charge is 0.372 e. The molecular formula is C22H31N3O3. The summed E-state index contributed by atoms with van der Waals surface area (Å²) >= 11 is 0. The fourth-order valence-corrected chi connectivity index (χ4v) is 4.85. The Kier molecular flexibility index (Phi) is 5.67. The molecule has 4 rings (SSSR count). The van der Waals surface area contributed by atoms with Gasteiger partial charge in [0.15, 0.2) is 0 Å². The highest BCUT2D eigenvalue weighted by molar-refractivity contribution is 5.80. The smallest absolute Gasteiger partial charge is 0.225 e. The first-order valence-electron chi connectivity index (χ1n) is 10.7. The topological polar surface area (TPSA) is 62.7 Å². The van der Waals surface area contributed by atoms with Crippen molar-refractivity contribution < 1.29 is 14.3 Å². The maximum atomic E-state index is 13.0. The first-order valence-corrected chi connectivity index (χ1v) is 10.7. The van der Waals surface area contributed by atoms with Crippen LogP contribution in [0.4, 0.5) is 0 Å². The summed E-state index contributed by atoms with van der Waals surface area (Å²) in [6.07, 6.45) is 8.13. The van der Waals surface area contributed by atoms with Gasteiger partial charge in [0.25, 0.3) is 0 Å². The fourth-order valence-electron chi connectivity index (χ4n) is 4.85. The Labute approximate surface area is 167 Å². The van der Waals surface area contributed by atoms with Gasteiger partial charge in [0, 0.05) is 31.7 Å². The molecule has 0 unspecified atom stereocenters. The molecule has 0 radical (unpaired) electrons. The van der Waals surface area contributed by atoms with E-state index in [0.717, 1.165) is 36.9 Å². The zero-order valence-corrected chi connectivity index (χ0v) is 16.9. The zero-order chi connectivity index (χ0) is 19.6. The van der Waals surface area contributed by atoms with Crippen LogP contribution >= 0.6 is 0 Å². The van der Waals surface area contributed by atoms with Crippen LogP contribution in [0.3, 0.4) is 0 Å². The number of hydrogen-bond donors (Lipinski definition) is 0. The third kappa shape index (κ3) is 4.07. The molecule has 28 heavy (non-hydrogen) atoms. The van der Waals surface area contributed by atoms with Gasteiger partial charge in [0.05, 0.1) is 30.9 Å². The van der Waals surface area contributed by atoms with E-state index in [0.29, 0.717) is 45.1 Å². The summed E-state index contributed by atoms with van der Waals surface area (Å²) in [7, 11) is 0. The number of aryl methyl sites for hydroxylation is 1. The Morgan fingerprint density at radius 2 is 2.00 bits per heavy atom. The number of nitrogens with zero attached hydrogens (tertiary/aromatic N) is 3. The lowest BCUT2D eigenvalue weighted by Gasteiger charge is -2.41. The number of carbonyl (C=O) groups excluding carboxylic acids is 2. The SMILES string of the molecule is Cc1cccnc1CN1CCOC2(CCN(C(=O)C3CCCC3)CC2)CC1=O. The van der Waals surface area contributed by atoms with Gasteiger partial charge in [-0.2, -0.15) is 0 Å². The highest BCUT2D eigenvalue weighted by Crippen LogP contribution is 2.34. The van der Waals surface area contributed by atoms with Gasteiger partial charge in [0.1, 0.15) is 0 Å². The third-order valence-corrected chi connectivity index (χ3v) is 6.74. The van der Waals surface area contributed by atoms with Crippen LogP contribution in [-0.4, -0.2) is 58.4 Å². The monoisotopic (exact) mass is 385 g/mol. The molecule has 2 aliphatic heterocycles. The second kappa shape index (κ2) is 8.19. The molecule has 152 valence electrons. The Balaban J connectivity index is 1.36. The van der Waals surface area contributed by atoms with E-state index in [1.54, 1.807) is 6.20 Å². The van der Waals surface area contributed by atoms with Crippen molar-refractivity contribution in [3.63, 3.8) is 0 Å². The lowest BCUT2D eigenvalue weighted by atomic mass is 9.87. The van der Waals surface area contributed by atoms with Gasteiger partial charge in [-0.15, -0.1) is 0 Å². The first kappa shape index (κ1) is 19.4. The van der Waals surface area contributed by atoms with Crippen LogP contribution in [0.15, 0.2) is 18.3 Å². The maximum absolute atomic E-state index is 13.0. The average Bonchev–Trinajstić information content (AvgIpc) is 3.19. The van der Waals surface area contributed by atoms with Crippen molar-refractivity contribution in [2.24, 2.45) is 5.92 Å². The lowest BCUT2D eigenvalue weighted by molar-refractivity contribution is -0.144. The number of amides is 2. The summed E-state index contributed by atoms with van der Waals surface area (Å²) in [5, 5.41) is 0. The molecule has 1 aromatic rings. The van der Waals surface area contributed by atoms with Crippen LogP contribution in [0, 0.1) is 12.8 Å². The van der Waals surface area contributed by atoms with E-state index in [4.69, 9.17) is 4.74 Å². The number of pyridine rings is 1. The minimum atomic E-state index is -0.405. The summed E-state index contributed by atoms with van der Waals surface area (Å²) in [5.41, 5.74) is 1.65. The molecule has 1 saturated carbocycles. The summed E-state index contributed by atoms with van der Waals surface area (Å²) in [5.74, 6) is 0.681. The van der Waals surface area contributed by atoms with Crippen molar-refractivity contribution in [3.05, 3.63) is 29.6 Å². The van der Waals surface area contributed by atoms with Gasteiger partial charge in [-0.3, -0.25) is 14.6 Å². The normalized spacial score (nSPS) is 23.2. The molecule has 3 fully saturated rings. The van der Waals surface area contributed by atoms with Crippen LogP contribution in [-0.2, 0) is 20.9 Å². The number of piperidine rings is 1. The molecule has 0 N–H and O–H groups in total. The van der Waals surface area contributed by atoms with E-state index in [2.05, 4.69) is 4.98 Å². The predicted molar refractivity (Wildman–Crippen MR) is 105 cm³/mol. The van der Waals surface area contributed by atoms with Gasteiger partial charge in [-0.25, -0.2) is 0 Å². The van der Waals surface area contributed by atoms with Crippen LogP contribution in [0.25, 0.3) is 0 Å². The van der Waals surface area contributed by atoms with Crippen LogP contribution in [0.5, 0.6) is 0 Å². The van der Waals surface area contributed by atoms with Gasteiger partial charge >= 0.3 is 0 Å². The molecule has 3 aliphatic rings. The van der Waals surface area contributed by atoms with E-state index >= 15 is 0 Å². The number of rotatable bonds is 3. The highest BCUT2D eigenvalue weighted by Gasteiger charge is 2.42. The molecule has 0 bridgehead atoms. The van der Waals surface area contributed by atoms with Gasteiger partial charge < -0.3 is 14.5 Å². The van der Waals surface area contributed by atoms with Crippen molar-refractivity contribution in [2.75, 3.05) is 26.2 Å². The Morgan fingerprint density at radius 3 is 2.71 bits per heavy atom. The fraction of sp³-hybridized carbons (Fsp3) is 0.682. The first-order chi connectivity index (χ1) is 13.6. The number of hydrogen-bond acceptors (Lipinski definition) is 4. The zero-order valence-electron chi connectivity index (χ0n) is 16.9. The van der Waals surface area contributed by atoms with Gasteiger partial charge in [0.2, 0.25) is 11.8 Å². The molecule has 1 aliphatic carbocycles. The van der Waals surface area contributed by atoms with Crippen molar-refractivity contribution in [1.82, 2.24) is 14.8 Å². The molecule has 3 heterocycles. The Bertz CT molecular complexity index is 721. The summed E-state index contributed by atoms with van der Waals surface area (Å²) < 4.78 is 6.23. The van der Waals surface area contributed by atoms with E-state index in [9.17, 15) is 9.59 Å². The molecular weight excluding hydrogens is 354 g/mol. The standard InChI is InChI=1S/C22H31N3O3/c1-17-5-4-10-23-19(17)16-25-13-14-28-22(15-20(25)26)8-11-24(12-9-22)21(27)18-6-2-3-7-18/h4-5,10,18H,2-3,6-9,11-16H2,1H3. The number of aromatic nitrogens is 1. The number of carbonyl (C=O) groups is 2. The minimum Gasteiger partial charge on any atom is -0.372 e. The molecule has 1 aromatic heterocycles. The maximum Gasteiger partial charge on any atom is 0.225 e. The van der Waals surface area contributed by atoms with E-state index < -0.39 is 5.60 Å². The molecule has 0 aromatic carbocycles. The predicted octanol–water partition coefficient (Wildman–Crippen LogP) is 2.69. The van der Waals surface area contributed by atoms with Crippen molar-refractivity contribution >= 4 is 11.8 Å². The Morgan fingerprint density at radius 1 is 1.25 bits per heavy atom. The van der Waals surface area contributed by atoms with E-state index in [-0.39, 0.29) is 11.8 Å². The molecule has 6 heteroatoms. The van der Waals surface area contributed by atoms with E-state index in [1.165, 1.54) is 12.8 Å². The van der Waals surface area contributed by atoms with Crippen molar-refractivity contribution in [2.45, 2.75) is 64.0 Å². The lowest BCUT2D eigenvalue weighted by Crippen LogP contribution is -2.50. The number of likely N-dealkylation sites (tertiary alicyclic amines) is 1. The molecule has 6 nitrogen and oxygen atoms in total. The van der Waals surface area contributed by atoms with Crippen LogP contribution < -0.4 is 0 Å². The van der Waals surface area contributed by atoms with Gasteiger partial charge in [-0.05, 0) is 44.2 Å². The quantitative estimate of drug-likeness (QED) is 0.803. The summed E-state index contributed by atoms with van der Waals surface area (Å²) in [6.45, 7) is 5.14. The minimum absolute atomic E-state index is 0.137. The molecule has 2 amide bonds. The van der Waals surface area contributed by atoms with Crippen LogP contribution in [0.2, 0.25) is 0 Å². The second-order valence-electron chi connectivity index (χ2n) is 8.60. The van der Waals surface area contributed by atoms with Crippen molar-refractivity contribution in [1.29, 1.82) is 0 Å². The van der Waals surface area contributed by atoms with Gasteiger partial charge in [-0.1, -0.05) is 18.9 Å². The Hall–Kier alpha value is -1.95. The second-order valence-corrected chi connectivity index (χ2v) is 8.60.